The number of hydrogen-bond donors (Lipinski definition) is 0. The van der Waals surface area contributed by atoms with Crippen LogP contribution in [0.2, 0.25) is 0 Å². The highest BCUT2D eigenvalue weighted by Gasteiger charge is 2.39. The third-order valence-corrected chi connectivity index (χ3v) is 7.58. The van der Waals surface area contributed by atoms with Gasteiger partial charge in [-0.05, 0) is 35.9 Å². The van der Waals surface area contributed by atoms with E-state index in [0.717, 1.165) is 26.8 Å². The van der Waals surface area contributed by atoms with Crippen molar-refractivity contribution in [2.45, 2.75) is 38.5 Å². The lowest BCUT2D eigenvalue weighted by Gasteiger charge is -2.17. The molecule has 0 aromatic carbocycles. The zero-order chi connectivity index (χ0) is 40.6. The number of rotatable bonds is 10. The minimum Gasteiger partial charge on any atom is -0.340 e. The summed E-state index contributed by atoms with van der Waals surface area (Å²) in [7, 11) is 3.17. The van der Waals surface area contributed by atoms with E-state index in [9.17, 15) is 45.5 Å². The summed E-state index contributed by atoms with van der Waals surface area (Å²) in [6.45, 7) is 0.136. The van der Waals surface area contributed by atoms with Crippen LogP contribution in [0.25, 0.3) is 22.8 Å². The van der Waals surface area contributed by atoms with E-state index in [1.54, 1.807) is 57.0 Å². The Morgan fingerprint density at radius 2 is 1.21 bits per heavy atom. The predicted molar refractivity (Wildman–Crippen MR) is 179 cm³/mol. The molecule has 22 heteroatoms. The molecule has 0 atom stereocenters. The van der Waals surface area contributed by atoms with Crippen LogP contribution in [0.1, 0.15) is 23.0 Å². The minimum atomic E-state index is -4.77. The molecule has 0 spiro atoms. The zero-order valence-electron chi connectivity index (χ0n) is 29.1. The van der Waals surface area contributed by atoms with Gasteiger partial charge in [0.25, 0.3) is 11.1 Å². The molecule has 0 aliphatic rings. The van der Waals surface area contributed by atoms with Gasteiger partial charge in [-0.2, -0.15) is 36.3 Å². The van der Waals surface area contributed by atoms with Crippen LogP contribution in [0.15, 0.2) is 104 Å². The number of amides is 2. The van der Waals surface area contributed by atoms with Gasteiger partial charge in [0.05, 0.1) is 12.2 Å². The van der Waals surface area contributed by atoms with Gasteiger partial charge in [-0.1, -0.05) is 22.4 Å². The molecule has 16 nitrogen and oxygen atoms in total. The van der Waals surface area contributed by atoms with Crippen molar-refractivity contribution < 1.29 is 45.0 Å². The summed E-state index contributed by atoms with van der Waals surface area (Å²) in [6.07, 6.45) is -2.11. The molecule has 0 radical (unpaired) electrons. The average molecular weight is 787 g/mol. The summed E-state index contributed by atoms with van der Waals surface area (Å²) < 4.78 is 85.7. The van der Waals surface area contributed by atoms with Crippen molar-refractivity contribution in [2.75, 3.05) is 14.1 Å². The second-order valence-corrected chi connectivity index (χ2v) is 11.8. The smallest absolute Gasteiger partial charge is 0.340 e. The van der Waals surface area contributed by atoms with E-state index < -0.39 is 35.3 Å². The highest BCUT2D eigenvalue weighted by molar-refractivity contribution is 5.76. The quantitative estimate of drug-likeness (QED) is 0.182. The third-order valence-electron chi connectivity index (χ3n) is 7.58. The first kappa shape index (κ1) is 40.2. The molecule has 0 bridgehead atoms. The van der Waals surface area contributed by atoms with E-state index in [-0.39, 0.29) is 54.2 Å². The molecule has 0 saturated heterocycles. The maximum atomic E-state index is 12.5. The molecular weight excluding hydrogens is 758 g/mol. The van der Waals surface area contributed by atoms with Crippen molar-refractivity contribution in [3.8, 4) is 22.8 Å². The number of halogens is 6. The fraction of sp³-hybridized carbons (Fsp3) is 0.235. The number of carbonyl (C=O) groups is 2. The minimum absolute atomic E-state index is 0.0507. The van der Waals surface area contributed by atoms with Crippen LogP contribution in [0, 0.1) is 0 Å². The fourth-order valence-electron chi connectivity index (χ4n) is 4.68. The van der Waals surface area contributed by atoms with E-state index in [1.165, 1.54) is 34.3 Å². The molecule has 6 rings (SSSR count). The summed E-state index contributed by atoms with van der Waals surface area (Å²) in [4.78, 5) is 66.4. The standard InChI is InChI=1S/2C17H14F3N5O3/c1-24(9-11-3-2-5-21-8-11)14(27)10-25-6-4-12(7-13(25)26)15-22-16(28-23-15)17(18,19)20;1-24(9-12-4-2-3-6-21-12)14(27)10-25-7-5-11(8-13(25)26)15-22-16(28-23-15)17(18,19)20/h2*2-8H,9-10H2,1H3. The molecule has 0 N–H and O–H groups in total. The van der Waals surface area contributed by atoms with E-state index >= 15 is 0 Å². The normalized spacial score (nSPS) is 11.4. The topological polar surface area (TPSA) is 188 Å². The maximum absolute atomic E-state index is 12.5. The zero-order valence-corrected chi connectivity index (χ0v) is 29.1. The molecule has 6 heterocycles. The van der Waals surface area contributed by atoms with Crippen LogP contribution < -0.4 is 11.1 Å². The van der Waals surface area contributed by atoms with Crippen molar-refractivity contribution in [2.24, 2.45) is 0 Å². The maximum Gasteiger partial charge on any atom is 0.471 e. The number of carbonyl (C=O) groups excluding carboxylic acids is 2. The number of likely N-dealkylation sites (N-methyl/N-ethyl adjacent to an activating group) is 2. The molecular formula is C34H28F6N10O6. The van der Waals surface area contributed by atoms with Crippen LogP contribution in [0.4, 0.5) is 26.3 Å². The molecule has 292 valence electrons. The number of nitrogens with zero attached hydrogens (tertiary/aromatic N) is 10. The molecule has 0 aliphatic heterocycles. The van der Waals surface area contributed by atoms with Crippen molar-refractivity contribution >= 4 is 11.8 Å². The molecule has 6 aromatic heterocycles. The van der Waals surface area contributed by atoms with Gasteiger partial charge in [0, 0.05) is 74.9 Å². The molecule has 56 heavy (non-hydrogen) atoms. The van der Waals surface area contributed by atoms with Crippen LogP contribution in [-0.2, 0) is 48.1 Å². The van der Waals surface area contributed by atoms with Gasteiger partial charge in [-0.15, -0.1) is 0 Å². The second-order valence-electron chi connectivity index (χ2n) is 11.8. The Morgan fingerprint density at radius 3 is 1.62 bits per heavy atom. The van der Waals surface area contributed by atoms with Crippen LogP contribution in [-0.4, -0.2) is 75.1 Å². The van der Waals surface area contributed by atoms with Gasteiger partial charge in [0.2, 0.25) is 23.5 Å². The highest BCUT2D eigenvalue weighted by atomic mass is 19.4. The van der Waals surface area contributed by atoms with Gasteiger partial charge < -0.3 is 28.0 Å². The van der Waals surface area contributed by atoms with Gasteiger partial charge in [-0.3, -0.25) is 29.1 Å². The van der Waals surface area contributed by atoms with Crippen molar-refractivity contribution in [1.82, 2.24) is 49.2 Å². The summed E-state index contributed by atoms with van der Waals surface area (Å²) in [6, 6.07) is 13.6. The Hall–Kier alpha value is -7.00. The van der Waals surface area contributed by atoms with E-state index in [1.807, 2.05) is 6.07 Å². The lowest BCUT2D eigenvalue weighted by atomic mass is 10.2. The van der Waals surface area contributed by atoms with Gasteiger partial charge in [0.1, 0.15) is 13.1 Å². The molecule has 6 aromatic rings. The van der Waals surface area contributed by atoms with Crippen LogP contribution >= 0.6 is 0 Å². The molecule has 0 unspecified atom stereocenters. The number of alkyl halides is 6. The van der Waals surface area contributed by atoms with E-state index in [0.29, 0.717) is 12.2 Å². The first-order valence-electron chi connectivity index (χ1n) is 16.0. The van der Waals surface area contributed by atoms with Crippen LogP contribution in [0.3, 0.4) is 0 Å². The SMILES string of the molecule is CN(Cc1ccccn1)C(=O)Cn1ccc(-c2noc(C(F)(F)F)n2)cc1=O.CN(Cc1cccnc1)C(=O)Cn1ccc(-c2noc(C(F)(F)F)n2)cc1=O. The fourth-order valence-corrected chi connectivity index (χ4v) is 4.68. The lowest BCUT2D eigenvalue weighted by molar-refractivity contribution is -0.160. The van der Waals surface area contributed by atoms with Crippen molar-refractivity contribution in [3.05, 3.63) is 129 Å². The Kier molecular flexibility index (Phi) is 12.2. The van der Waals surface area contributed by atoms with E-state index in [2.05, 4.69) is 39.3 Å². The van der Waals surface area contributed by atoms with Crippen molar-refractivity contribution in [3.63, 3.8) is 0 Å². The summed E-state index contributed by atoms with van der Waals surface area (Å²) in [5, 5.41) is 6.45. The molecule has 0 saturated carbocycles. The Bertz CT molecular complexity index is 2230. The molecule has 0 fully saturated rings. The first-order chi connectivity index (χ1) is 26.5. The third kappa shape index (κ3) is 10.6. The second kappa shape index (κ2) is 17.0. The summed E-state index contributed by atoms with van der Waals surface area (Å²) in [5.41, 5.74) is 0.457. The van der Waals surface area contributed by atoms with Gasteiger partial charge >= 0.3 is 24.1 Å². The average Bonchev–Trinajstić information content (AvgIpc) is 3.86. The largest absolute Gasteiger partial charge is 0.471 e. The predicted octanol–water partition coefficient (Wildman–Crippen LogP) is 3.94. The van der Waals surface area contributed by atoms with Crippen LogP contribution in [0.5, 0.6) is 0 Å². The molecule has 2 amide bonds. The lowest BCUT2D eigenvalue weighted by Crippen LogP contribution is -2.33. The molecule has 0 aliphatic carbocycles. The van der Waals surface area contributed by atoms with Gasteiger partial charge in [0.15, 0.2) is 0 Å². The number of hydrogen-bond acceptors (Lipinski definition) is 12. The van der Waals surface area contributed by atoms with E-state index in [4.69, 9.17) is 0 Å². The Morgan fingerprint density at radius 1 is 0.696 bits per heavy atom. The van der Waals surface area contributed by atoms with Gasteiger partial charge in [-0.25, -0.2) is 0 Å². The number of pyridine rings is 4. The summed E-state index contributed by atoms with van der Waals surface area (Å²) >= 11 is 0. The van der Waals surface area contributed by atoms with Crippen molar-refractivity contribution in [1.29, 1.82) is 0 Å². The monoisotopic (exact) mass is 786 g/mol. The first-order valence-corrected chi connectivity index (χ1v) is 16.0. The highest BCUT2D eigenvalue weighted by Crippen LogP contribution is 2.30. The number of aromatic nitrogens is 8. The Balaban J connectivity index is 0.000000214. The Labute approximate surface area is 310 Å². The summed E-state index contributed by atoms with van der Waals surface area (Å²) in [5.74, 6) is -4.39.